The highest BCUT2D eigenvalue weighted by Gasteiger charge is 2.33. The van der Waals surface area contributed by atoms with Gasteiger partial charge in [0, 0.05) is 19.8 Å². The van der Waals surface area contributed by atoms with Crippen molar-refractivity contribution >= 4 is 11.5 Å². The third-order valence-corrected chi connectivity index (χ3v) is 3.75. The molecule has 1 fully saturated rings. The van der Waals surface area contributed by atoms with E-state index in [0.717, 1.165) is 37.3 Å². The molecule has 1 aliphatic heterocycles. The van der Waals surface area contributed by atoms with Gasteiger partial charge in [-0.2, -0.15) is 5.10 Å². The van der Waals surface area contributed by atoms with Crippen LogP contribution in [0, 0.1) is 6.92 Å². The van der Waals surface area contributed by atoms with Gasteiger partial charge in [-0.3, -0.25) is 0 Å². The molecule has 0 unspecified atom stereocenters. The Morgan fingerprint density at radius 3 is 2.74 bits per heavy atom. The first-order valence-corrected chi connectivity index (χ1v) is 6.91. The van der Waals surface area contributed by atoms with E-state index in [-0.39, 0.29) is 12.1 Å². The van der Waals surface area contributed by atoms with E-state index in [2.05, 4.69) is 17.3 Å². The maximum absolute atomic E-state index is 9.73. The fourth-order valence-corrected chi connectivity index (χ4v) is 2.44. The lowest BCUT2D eigenvalue weighted by Crippen LogP contribution is -2.47. The second kappa shape index (κ2) is 5.79. The van der Waals surface area contributed by atoms with Crippen molar-refractivity contribution in [2.24, 2.45) is 0 Å². The minimum absolute atomic E-state index is 0.0755. The van der Waals surface area contributed by atoms with Gasteiger partial charge in [0.2, 0.25) is 0 Å². The van der Waals surface area contributed by atoms with Crippen molar-refractivity contribution in [2.75, 3.05) is 30.9 Å². The van der Waals surface area contributed by atoms with Gasteiger partial charge in [-0.15, -0.1) is 0 Å². The number of nitrogens with one attached hydrogen (secondary N) is 1. The van der Waals surface area contributed by atoms with E-state index in [1.807, 2.05) is 11.6 Å². The van der Waals surface area contributed by atoms with Crippen LogP contribution in [-0.2, 0) is 11.3 Å². The Balaban J connectivity index is 2.25. The number of aliphatic hydroxyl groups is 1. The molecule has 4 N–H and O–H groups in total. The standard InChI is InChI=1S/C13H24N4O2/c1-3-6-17-12(11(14)10(2)16-17)15-13(9-18)4-7-19-8-5-13/h15,18H,3-9,14H2,1-2H3. The topological polar surface area (TPSA) is 85.3 Å². The molecule has 0 spiro atoms. The Bertz CT molecular complexity index is 425. The number of anilines is 2. The Kier molecular flexibility index (Phi) is 4.31. The normalized spacial score (nSPS) is 18.5. The van der Waals surface area contributed by atoms with Crippen LogP contribution in [0.4, 0.5) is 11.5 Å². The van der Waals surface area contributed by atoms with E-state index in [1.165, 1.54) is 0 Å². The van der Waals surface area contributed by atoms with E-state index in [1.54, 1.807) is 0 Å². The summed E-state index contributed by atoms with van der Waals surface area (Å²) in [4.78, 5) is 0. The molecule has 0 aromatic carbocycles. The zero-order chi connectivity index (χ0) is 13.9. The van der Waals surface area contributed by atoms with Crippen molar-refractivity contribution in [1.29, 1.82) is 0 Å². The largest absolute Gasteiger partial charge is 0.394 e. The summed E-state index contributed by atoms with van der Waals surface area (Å²) in [5.41, 5.74) is 7.27. The van der Waals surface area contributed by atoms with E-state index in [9.17, 15) is 5.11 Å². The summed E-state index contributed by atoms with van der Waals surface area (Å²) in [6.45, 7) is 6.22. The molecule has 0 bridgehead atoms. The molecule has 0 aliphatic carbocycles. The van der Waals surface area contributed by atoms with E-state index in [4.69, 9.17) is 10.5 Å². The van der Waals surface area contributed by atoms with Crippen LogP contribution in [0.2, 0.25) is 0 Å². The van der Waals surface area contributed by atoms with Crippen LogP contribution in [0.15, 0.2) is 0 Å². The zero-order valence-electron chi connectivity index (χ0n) is 11.8. The van der Waals surface area contributed by atoms with Crippen LogP contribution >= 0.6 is 0 Å². The van der Waals surface area contributed by atoms with E-state index < -0.39 is 0 Å². The SMILES string of the molecule is CCCn1nc(C)c(N)c1NC1(CO)CCOCC1. The lowest BCUT2D eigenvalue weighted by atomic mass is 9.91. The number of hydrogen-bond acceptors (Lipinski definition) is 5. The van der Waals surface area contributed by atoms with Gasteiger partial charge in [0.05, 0.1) is 23.5 Å². The Hall–Kier alpha value is -1.27. The second-order valence-corrected chi connectivity index (χ2v) is 5.25. The maximum Gasteiger partial charge on any atom is 0.148 e. The second-order valence-electron chi connectivity index (χ2n) is 5.25. The Morgan fingerprint density at radius 2 is 2.16 bits per heavy atom. The number of aromatic nitrogens is 2. The molecule has 19 heavy (non-hydrogen) atoms. The quantitative estimate of drug-likeness (QED) is 0.745. The summed E-state index contributed by atoms with van der Waals surface area (Å²) in [5.74, 6) is 0.829. The molecule has 6 nitrogen and oxygen atoms in total. The Labute approximate surface area is 113 Å². The number of ether oxygens (including phenoxy) is 1. The van der Waals surface area contributed by atoms with Crippen LogP contribution < -0.4 is 11.1 Å². The molecule has 0 atom stereocenters. The van der Waals surface area contributed by atoms with Crippen LogP contribution in [0.1, 0.15) is 31.9 Å². The van der Waals surface area contributed by atoms with Crippen molar-refractivity contribution in [3.63, 3.8) is 0 Å². The molecule has 0 amide bonds. The summed E-state index contributed by atoms with van der Waals surface area (Å²) < 4.78 is 7.27. The summed E-state index contributed by atoms with van der Waals surface area (Å²) in [6, 6.07) is 0. The summed E-state index contributed by atoms with van der Waals surface area (Å²) in [6.07, 6.45) is 2.54. The van der Waals surface area contributed by atoms with Gasteiger partial charge in [0.25, 0.3) is 0 Å². The van der Waals surface area contributed by atoms with E-state index >= 15 is 0 Å². The average molecular weight is 268 g/mol. The molecule has 0 saturated carbocycles. The molecule has 1 aromatic rings. The van der Waals surface area contributed by atoms with Crippen molar-refractivity contribution in [3.05, 3.63) is 5.69 Å². The smallest absolute Gasteiger partial charge is 0.148 e. The predicted octanol–water partition coefficient (Wildman–Crippen LogP) is 1.14. The average Bonchev–Trinajstić information content (AvgIpc) is 2.68. The van der Waals surface area contributed by atoms with Crippen LogP contribution in [0.5, 0.6) is 0 Å². The molecule has 1 saturated heterocycles. The number of aliphatic hydroxyl groups excluding tert-OH is 1. The lowest BCUT2D eigenvalue weighted by Gasteiger charge is -2.37. The highest BCUT2D eigenvalue weighted by atomic mass is 16.5. The zero-order valence-corrected chi connectivity index (χ0v) is 11.8. The first kappa shape index (κ1) is 14.1. The summed E-state index contributed by atoms with van der Waals surface area (Å²) in [7, 11) is 0. The highest BCUT2D eigenvalue weighted by molar-refractivity contribution is 5.65. The minimum atomic E-state index is -0.343. The third kappa shape index (κ3) is 2.84. The molecule has 2 heterocycles. The van der Waals surface area contributed by atoms with Gasteiger partial charge in [-0.25, -0.2) is 4.68 Å². The van der Waals surface area contributed by atoms with Crippen molar-refractivity contribution in [3.8, 4) is 0 Å². The van der Waals surface area contributed by atoms with Crippen molar-refractivity contribution < 1.29 is 9.84 Å². The molecule has 0 radical (unpaired) electrons. The lowest BCUT2D eigenvalue weighted by molar-refractivity contribution is 0.0377. The maximum atomic E-state index is 9.73. The highest BCUT2D eigenvalue weighted by Crippen LogP contribution is 2.30. The first-order valence-electron chi connectivity index (χ1n) is 6.91. The van der Waals surface area contributed by atoms with E-state index in [0.29, 0.717) is 18.9 Å². The van der Waals surface area contributed by atoms with Crippen molar-refractivity contribution in [1.82, 2.24) is 9.78 Å². The summed E-state index contributed by atoms with van der Waals surface area (Å²) in [5, 5.41) is 17.6. The van der Waals surface area contributed by atoms with Gasteiger partial charge < -0.3 is 20.9 Å². The molecule has 2 rings (SSSR count). The Morgan fingerprint density at radius 1 is 1.47 bits per heavy atom. The molecular formula is C13H24N4O2. The number of nitrogens with zero attached hydrogens (tertiary/aromatic N) is 2. The number of aryl methyl sites for hydroxylation is 2. The fraction of sp³-hybridized carbons (Fsp3) is 0.769. The molecule has 1 aromatic heterocycles. The van der Waals surface area contributed by atoms with Gasteiger partial charge in [0.15, 0.2) is 0 Å². The first-order chi connectivity index (χ1) is 9.12. The van der Waals surface area contributed by atoms with Crippen LogP contribution in [-0.4, -0.2) is 40.2 Å². The van der Waals surface area contributed by atoms with Gasteiger partial charge >= 0.3 is 0 Å². The van der Waals surface area contributed by atoms with Crippen molar-refractivity contribution in [2.45, 2.75) is 45.2 Å². The van der Waals surface area contributed by atoms with Crippen LogP contribution in [0.25, 0.3) is 0 Å². The number of hydrogen-bond donors (Lipinski definition) is 3. The third-order valence-electron chi connectivity index (χ3n) is 3.75. The van der Waals surface area contributed by atoms with Gasteiger partial charge in [-0.1, -0.05) is 6.92 Å². The molecular weight excluding hydrogens is 244 g/mol. The number of rotatable bonds is 5. The van der Waals surface area contributed by atoms with Crippen LogP contribution in [0.3, 0.4) is 0 Å². The summed E-state index contributed by atoms with van der Waals surface area (Å²) >= 11 is 0. The fourth-order valence-electron chi connectivity index (χ4n) is 2.44. The number of nitrogen functional groups attached to an aromatic ring is 1. The predicted molar refractivity (Wildman–Crippen MR) is 75.2 cm³/mol. The van der Waals surface area contributed by atoms with Gasteiger partial charge in [-0.05, 0) is 26.2 Å². The van der Waals surface area contributed by atoms with Gasteiger partial charge in [0.1, 0.15) is 5.82 Å². The number of nitrogens with two attached hydrogens (primary N) is 1. The monoisotopic (exact) mass is 268 g/mol. The molecule has 108 valence electrons. The molecule has 1 aliphatic rings. The molecule has 6 heteroatoms. The minimum Gasteiger partial charge on any atom is -0.394 e.